The van der Waals surface area contributed by atoms with Crippen molar-refractivity contribution >= 4 is 16.0 Å². The molecule has 2 aromatic carbocycles. The number of carbonyl (C=O) groups is 1. The Balaban J connectivity index is 1.72. The summed E-state index contributed by atoms with van der Waals surface area (Å²) in [5, 5.41) is 12.3. The highest BCUT2D eigenvalue weighted by atomic mass is 32.2. The van der Waals surface area contributed by atoms with Crippen molar-refractivity contribution in [2.45, 2.75) is 42.6 Å². The predicted molar refractivity (Wildman–Crippen MR) is 124 cm³/mol. The number of hydrogen-bond donors (Lipinski definition) is 0. The van der Waals surface area contributed by atoms with E-state index in [9.17, 15) is 27.2 Å². The van der Waals surface area contributed by atoms with Crippen LogP contribution < -0.4 is 4.73 Å². The molecule has 0 radical (unpaired) electrons. The number of carbonyl (C=O) groups excluding carboxylic acids is 1. The number of hydrogen-bond acceptors (Lipinski definition) is 6. The third kappa shape index (κ3) is 5.38. The second-order valence-electron chi connectivity index (χ2n) is 8.20. The van der Waals surface area contributed by atoms with Gasteiger partial charge in [0.15, 0.2) is 11.9 Å². The van der Waals surface area contributed by atoms with Gasteiger partial charge in [-0.3, -0.25) is 9.53 Å². The first kappa shape index (κ1) is 25.7. The first-order valence-corrected chi connectivity index (χ1v) is 12.7. The van der Waals surface area contributed by atoms with Crippen LogP contribution >= 0.6 is 0 Å². The summed E-state index contributed by atoms with van der Waals surface area (Å²) in [6, 6.07) is 18.3. The minimum Gasteiger partial charge on any atom is -0.618 e. The molecule has 11 heteroatoms. The number of sulfonamides is 1. The van der Waals surface area contributed by atoms with Crippen LogP contribution in [-0.4, -0.2) is 37.9 Å². The van der Waals surface area contributed by atoms with Gasteiger partial charge < -0.3 is 9.94 Å². The summed E-state index contributed by atoms with van der Waals surface area (Å²) >= 11 is 0. The molecule has 3 aromatic rings. The first-order valence-electron chi connectivity index (χ1n) is 11.2. The van der Waals surface area contributed by atoms with Crippen molar-refractivity contribution in [1.82, 2.24) is 4.31 Å². The van der Waals surface area contributed by atoms with E-state index in [4.69, 9.17) is 9.47 Å². The van der Waals surface area contributed by atoms with Crippen molar-refractivity contribution < 1.29 is 36.2 Å². The number of esters is 1. The predicted octanol–water partition coefficient (Wildman–Crippen LogP) is 3.35. The fraction of sp³-hybridized carbons (Fsp3) is 0.280. The molecular weight excluding hydrogens is 494 g/mol. The maximum atomic E-state index is 13.7. The highest BCUT2D eigenvalue weighted by molar-refractivity contribution is 7.89. The standard InChI is InChI=1S/C25H24F2N2O6S/c26-24(27)35-25(19-10-3-1-4-11-19,18-20-12-7-8-16-28(20)31)34-23(30)22-15-9-17-29(22)36(32,33)21-13-5-2-6-14-21/h1-8,10-14,16,22,24H,9,15,17-18H2/t22-,25?/m0/s1. The van der Waals surface area contributed by atoms with E-state index in [1.165, 1.54) is 48.7 Å². The number of benzene rings is 2. The van der Waals surface area contributed by atoms with Gasteiger partial charge in [-0.2, -0.15) is 17.8 Å². The van der Waals surface area contributed by atoms with Crippen molar-refractivity contribution in [3.05, 3.63) is 102 Å². The molecule has 0 amide bonds. The van der Waals surface area contributed by atoms with Gasteiger partial charge in [0.05, 0.1) is 4.90 Å². The molecule has 2 atom stereocenters. The highest BCUT2D eigenvalue weighted by Crippen LogP contribution is 2.36. The van der Waals surface area contributed by atoms with E-state index in [0.717, 1.165) is 4.31 Å². The van der Waals surface area contributed by atoms with Crippen molar-refractivity contribution in [1.29, 1.82) is 0 Å². The summed E-state index contributed by atoms with van der Waals surface area (Å²) in [5.74, 6) is -3.44. The number of ether oxygens (including phenoxy) is 2. The molecule has 0 bridgehead atoms. The van der Waals surface area contributed by atoms with Crippen LogP contribution in [-0.2, 0) is 36.5 Å². The van der Waals surface area contributed by atoms with Gasteiger partial charge in [0.25, 0.3) is 5.79 Å². The summed E-state index contributed by atoms with van der Waals surface area (Å²) in [5.41, 5.74) is 0.0768. The molecule has 4 rings (SSSR count). The molecule has 1 saturated heterocycles. The minimum atomic E-state index is -4.05. The summed E-state index contributed by atoms with van der Waals surface area (Å²) in [4.78, 5) is 13.4. The SMILES string of the molecule is O=C(OC(Cc1cccc[n+]1[O-])(OC(F)F)c1ccccc1)[C@@H]1CCCN1S(=O)(=O)c1ccccc1. The van der Waals surface area contributed by atoms with E-state index >= 15 is 0 Å². The van der Waals surface area contributed by atoms with Crippen LogP contribution in [0.5, 0.6) is 0 Å². The smallest absolute Gasteiger partial charge is 0.348 e. The highest BCUT2D eigenvalue weighted by Gasteiger charge is 2.47. The summed E-state index contributed by atoms with van der Waals surface area (Å²) in [6.07, 6.45) is 1.16. The summed E-state index contributed by atoms with van der Waals surface area (Å²) < 4.78 is 65.9. The maximum Gasteiger partial charge on any atom is 0.348 e. The molecule has 0 N–H and O–H groups in total. The molecular formula is C25H24F2N2O6S. The van der Waals surface area contributed by atoms with Gasteiger partial charge in [-0.05, 0) is 25.0 Å². The van der Waals surface area contributed by atoms with Gasteiger partial charge in [-0.1, -0.05) is 54.6 Å². The third-order valence-electron chi connectivity index (χ3n) is 5.90. The van der Waals surface area contributed by atoms with Gasteiger partial charge in [0, 0.05) is 24.2 Å². The maximum absolute atomic E-state index is 13.7. The Labute approximate surface area is 207 Å². The molecule has 8 nitrogen and oxygen atoms in total. The molecule has 1 unspecified atom stereocenters. The van der Waals surface area contributed by atoms with E-state index in [1.807, 2.05) is 0 Å². The molecule has 0 spiro atoms. The Morgan fingerprint density at radius 3 is 2.33 bits per heavy atom. The monoisotopic (exact) mass is 518 g/mol. The Bertz CT molecular complexity index is 1290. The van der Waals surface area contributed by atoms with Gasteiger partial charge in [-0.15, -0.1) is 0 Å². The minimum absolute atomic E-state index is 0.000430. The average Bonchev–Trinajstić information content (AvgIpc) is 3.37. The van der Waals surface area contributed by atoms with E-state index in [1.54, 1.807) is 36.4 Å². The van der Waals surface area contributed by atoms with Crippen molar-refractivity contribution in [3.63, 3.8) is 0 Å². The molecule has 1 aromatic heterocycles. The zero-order valence-corrected chi connectivity index (χ0v) is 19.9. The number of aromatic nitrogens is 1. The molecule has 1 aliphatic rings. The Kier molecular flexibility index (Phi) is 7.62. The van der Waals surface area contributed by atoms with Crippen LogP contribution in [0.2, 0.25) is 0 Å². The first-order chi connectivity index (χ1) is 17.2. The molecule has 0 saturated carbocycles. The number of alkyl halides is 2. The van der Waals surface area contributed by atoms with Crippen LogP contribution in [0.1, 0.15) is 24.1 Å². The fourth-order valence-corrected chi connectivity index (χ4v) is 5.90. The second kappa shape index (κ2) is 10.7. The summed E-state index contributed by atoms with van der Waals surface area (Å²) in [7, 11) is -4.05. The average molecular weight is 519 g/mol. The second-order valence-corrected chi connectivity index (χ2v) is 10.1. The third-order valence-corrected chi connectivity index (χ3v) is 7.82. The van der Waals surface area contributed by atoms with E-state index in [-0.39, 0.29) is 29.1 Å². The Morgan fingerprint density at radius 1 is 1.06 bits per heavy atom. The van der Waals surface area contributed by atoms with Crippen LogP contribution in [0.25, 0.3) is 0 Å². The van der Waals surface area contributed by atoms with Crippen molar-refractivity contribution in [3.8, 4) is 0 Å². The molecule has 36 heavy (non-hydrogen) atoms. The largest absolute Gasteiger partial charge is 0.618 e. The van der Waals surface area contributed by atoms with Crippen LogP contribution in [0.15, 0.2) is 90.0 Å². The van der Waals surface area contributed by atoms with Gasteiger partial charge >= 0.3 is 12.6 Å². The number of nitrogens with zero attached hydrogens (tertiary/aromatic N) is 2. The topological polar surface area (TPSA) is 99.8 Å². The molecule has 1 aliphatic heterocycles. The molecule has 1 fully saturated rings. The van der Waals surface area contributed by atoms with Gasteiger partial charge in [0.1, 0.15) is 12.5 Å². The lowest BCUT2D eigenvalue weighted by Crippen LogP contribution is -2.48. The van der Waals surface area contributed by atoms with Crippen LogP contribution in [0.4, 0.5) is 8.78 Å². The lowest BCUT2D eigenvalue weighted by atomic mass is 9.99. The van der Waals surface area contributed by atoms with Gasteiger partial charge in [0.2, 0.25) is 10.0 Å². The lowest BCUT2D eigenvalue weighted by molar-refractivity contribution is -0.616. The fourth-order valence-electron chi connectivity index (χ4n) is 4.23. The normalized spacial score (nSPS) is 18.1. The zero-order chi connectivity index (χ0) is 25.8. The molecule has 2 heterocycles. The Hall–Kier alpha value is -3.41. The molecule has 190 valence electrons. The van der Waals surface area contributed by atoms with Crippen molar-refractivity contribution in [2.24, 2.45) is 0 Å². The number of pyridine rings is 1. The van der Waals surface area contributed by atoms with Crippen molar-refractivity contribution in [2.75, 3.05) is 6.54 Å². The lowest BCUT2D eigenvalue weighted by Gasteiger charge is -2.34. The summed E-state index contributed by atoms with van der Waals surface area (Å²) in [6.45, 7) is -3.31. The van der Waals surface area contributed by atoms with Gasteiger partial charge in [-0.25, -0.2) is 8.42 Å². The molecule has 0 aliphatic carbocycles. The quantitative estimate of drug-likeness (QED) is 0.186. The Morgan fingerprint density at radius 2 is 1.69 bits per heavy atom. The number of halogens is 2. The van der Waals surface area contributed by atoms with E-state index < -0.39 is 40.9 Å². The van der Waals surface area contributed by atoms with Crippen LogP contribution in [0.3, 0.4) is 0 Å². The van der Waals surface area contributed by atoms with Crippen LogP contribution in [0, 0.1) is 5.21 Å². The number of rotatable bonds is 9. The zero-order valence-electron chi connectivity index (χ0n) is 19.1. The van der Waals surface area contributed by atoms with E-state index in [0.29, 0.717) is 11.2 Å². The van der Waals surface area contributed by atoms with E-state index in [2.05, 4.69) is 0 Å².